The Morgan fingerprint density at radius 2 is 1.81 bits per heavy atom. The van der Waals surface area contributed by atoms with Crippen molar-refractivity contribution < 1.29 is 19.1 Å². The normalized spacial score (nSPS) is 10.6. The van der Waals surface area contributed by atoms with Crippen LogP contribution in [0.25, 0.3) is 0 Å². The van der Waals surface area contributed by atoms with Gasteiger partial charge in [-0.1, -0.05) is 26.0 Å². The van der Waals surface area contributed by atoms with Crippen molar-refractivity contribution in [3.05, 3.63) is 51.2 Å². The van der Waals surface area contributed by atoms with Crippen molar-refractivity contribution in [1.82, 2.24) is 5.32 Å². The van der Waals surface area contributed by atoms with Gasteiger partial charge < -0.3 is 15.4 Å². The molecule has 0 saturated carbocycles. The van der Waals surface area contributed by atoms with Crippen molar-refractivity contribution in [2.24, 2.45) is 5.92 Å². The molecule has 0 radical (unpaired) electrons. The second-order valence-corrected chi connectivity index (χ2v) is 8.06. The predicted molar refractivity (Wildman–Crippen MR) is 106 cm³/mol. The van der Waals surface area contributed by atoms with Gasteiger partial charge >= 0.3 is 5.97 Å². The molecule has 0 atom stereocenters. The Morgan fingerprint density at radius 1 is 1.11 bits per heavy atom. The monoisotopic (exact) mass is 388 g/mol. The molecule has 2 rings (SSSR count). The van der Waals surface area contributed by atoms with E-state index in [0.29, 0.717) is 29.3 Å². The summed E-state index contributed by atoms with van der Waals surface area (Å²) >= 11 is 1.50. The molecule has 7 heteroatoms. The lowest BCUT2D eigenvalue weighted by Gasteiger charge is -2.12. The summed E-state index contributed by atoms with van der Waals surface area (Å²) in [6, 6.07) is 8.46. The highest BCUT2D eigenvalue weighted by Crippen LogP contribution is 2.21. The third-order valence-electron chi connectivity index (χ3n) is 3.71. The average molecular weight is 388 g/mol. The quantitative estimate of drug-likeness (QED) is 0.711. The maximum Gasteiger partial charge on any atom is 0.339 e. The van der Waals surface area contributed by atoms with Gasteiger partial charge in [-0.3, -0.25) is 9.59 Å². The summed E-state index contributed by atoms with van der Waals surface area (Å²) < 4.78 is 5.09. The minimum absolute atomic E-state index is 0.263. The summed E-state index contributed by atoms with van der Waals surface area (Å²) in [5.74, 6) is -0.979. The number of ether oxygens (including phenoxy) is 1. The van der Waals surface area contributed by atoms with Gasteiger partial charge in [0.15, 0.2) is 6.61 Å². The molecule has 0 aliphatic rings. The lowest BCUT2D eigenvalue weighted by Crippen LogP contribution is -2.29. The van der Waals surface area contributed by atoms with Crippen LogP contribution in [0.3, 0.4) is 0 Å². The Hall–Kier alpha value is -2.67. The van der Waals surface area contributed by atoms with Crippen molar-refractivity contribution in [3.63, 3.8) is 0 Å². The first-order valence-electron chi connectivity index (χ1n) is 8.69. The Balaban J connectivity index is 1.96. The van der Waals surface area contributed by atoms with E-state index in [1.165, 1.54) is 11.3 Å². The maximum atomic E-state index is 12.3. The highest BCUT2D eigenvalue weighted by Gasteiger charge is 2.17. The second kappa shape index (κ2) is 9.32. The molecule has 1 aromatic heterocycles. The first-order valence-corrected chi connectivity index (χ1v) is 9.50. The largest absolute Gasteiger partial charge is 0.452 e. The van der Waals surface area contributed by atoms with Crippen LogP contribution in [0.2, 0.25) is 0 Å². The standard InChI is InChI=1S/C20H24N2O4S/c1-12(2)10-21-19(24)15-7-5-6-8-17(15)22-18(23)11-26-20(25)16-9-13(3)27-14(16)4/h5-9,12H,10-11H2,1-4H3,(H,21,24)(H,22,23). The number of anilines is 1. The van der Waals surface area contributed by atoms with Crippen molar-refractivity contribution in [2.75, 3.05) is 18.5 Å². The van der Waals surface area contributed by atoms with Gasteiger partial charge in [0, 0.05) is 16.3 Å². The van der Waals surface area contributed by atoms with Crippen molar-refractivity contribution >= 4 is 34.8 Å². The van der Waals surface area contributed by atoms with Gasteiger partial charge in [0.05, 0.1) is 16.8 Å². The maximum absolute atomic E-state index is 12.3. The van der Waals surface area contributed by atoms with E-state index in [4.69, 9.17) is 4.74 Å². The lowest BCUT2D eigenvalue weighted by molar-refractivity contribution is -0.119. The number of carbonyl (C=O) groups is 3. The van der Waals surface area contributed by atoms with E-state index in [9.17, 15) is 14.4 Å². The fourth-order valence-corrected chi connectivity index (χ4v) is 3.32. The zero-order chi connectivity index (χ0) is 20.0. The van der Waals surface area contributed by atoms with E-state index in [1.807, 2.05) is 27.7 Å². The molecule has 6 nitrogen and oxygen atoms in total. The van der Waals surface area contributed by atoms with Gasteiger partial charge in [-0.05, 0) is 38.0 Å². The summed E-state index contributed by atoms with van der Waals surface area (Å²) in [7, 11) is 0. The number of nitrogens with one attached hydrogen (secondary N) is 2. The third kappa shape index (κ3) is 5.92. The van der Waals surface area contributed by atoms with Crippen molar-refractivity contribution in [3.8, 4) is 0 Å². The third-order valence-corrected chi connectivity index (χ3v) is 4.68. The van der Waals surface area contributed by atoms with E-state index >= 15 is 0 Å². The topological polar surface area (TPSA) is 84.5 Å². The molecule has 0 unspecified atom stereocenters. The van der Waals surface area contributed by atoms with E-state index in [0.717, 1.165) is 9.75 Å². The number of hydrogen-bond acceptors (Lipinski definition) is 5. The van der Waals surface area contributed by atoms with E-state index in [1.54, 1.807) is 30.3 Å². The van der Waals surface area contributed by atoms with Crippen molar-refractivity contribution in [2.45, 2.75) is 27.7 Å². The molecule has 1 heterocycles. The number of benzene rings is 1. The Bertz CT molecular complexity index is 842. The van der Waals surface area contributed by atoms with Gasteiger partial charge in [-0.2, -0.15) is 0 Å². The summed E-state index contributed by atoms with van der Waals surface area (Å²) in [6.07, 6.45) is 0. The van der Waals surface area contributed by atoms with Crippen LogP contribution in [-0.2, 0) is 9.53 Å². The van der Waals surface area contributed by atoms with Crippen molar-refractivity contribution in [1.29, 1.82) is 0 Å². The first kappa shape index (κ1) is 20.6. The molecule has 0 saturated heterocycles. The molecule has 27 heavy (non-hydrogen) atoms. The smallest absolute Gasteiger partial charge is 0.339 e. The molecule has 0 spiro atoms. The van der Waals surface area contributed by atoms with E-state index in [-0.39, 0.29) is 5.91 Å². The zero-order valence-corrected chi connectivity index (χ0v) is 16.7. The van der Waals surface area contributed by atoms with Gasteiger partial charge in [0.2, 0.25) is 0 Å². The van der Waals surface area contributed by atoms with Crippen LogP contribution in [0.1, 0.15) is 44.3 Å². The summed E-state index contributed by atoms with van der Waals surface area (Å²) in [5.41, 5.74) is 1.21. The fraction of sp³-hybridized carbons (Fsp3) is 0.350. The average Bonchev–Trinajstić information content (AvgIpc) is 2.96. The first-order chi connectivity index (χ1) is 12.8. The molecule has 0 bridgehead atoms. The Labute approximate surface area is 162 Å². The predicted octanol–water partition coefficient (Wildman–Crippen LogP) is 3.55. The minimum Gasteiger partial charge on any atom is -0.452 e. The zero-order valence-electron chi connectivity index (χ0n) is 15.9. The van der Waals surface area contributed by atoms with Gasteiger partial charge in [0.25, 0.3) is 11.8 Å². The number of rotatable bonds is 7. The van der Waals surface area contributed by atoms with E-state index < -0.39 is 18.5 Å². The number of carbonyl (C=O) groups excluding carboxylic acids is 3. The van der Waals surface area contributed by atoms with Crippen LogP contribution in [0.15, 0.2) is 30.3 Å². The van der Waals surface area contributed by atoms with Crippen LogP contribution >= 0.6 is 11.3 Å². The molecule has 2 aromatic rings. The molecule has 1 aromatic carbocycles. The number of hydrogen-bond donors (Lipinski definition) is 2. The number of esters is 1. The molecule has 2 N–H and O–H groups in total. The SMILES string of the molecule is Cc1cc(C(=O)OCC(=O)Nc2ccccc2C(=O)NCC(C)C)c(C)s1. The lowest BCUT2D eigenvalue weighted by atomic mass is 10.1. The van der Waals surface area contributed by atoms with Crippen LogP contribution in [0, 0.1) is 19.8 Å². The highest BCUT2D eigenvalue weighted by molar-refractivity contribution is 7.12. The molecular formula is C20H24N2O4S. The Morgan fingerprint density at radius 3 is 2.44 bits per heavy atom. The number of aryl methyl sites for hydroxylation is 2. The highest BCUT2D eigenvalue weighted by atomic mass is 32.1. The molecule has 144 valence electrons. The molecular weight excluding hydrogens is 364 g/mol. The number of thiophene rings is 1. The van der Waals surface area contributed by atoms with Crippen LogP contribution in [0.4, 0.5) is 5.69 Å². The van der Waals surface area contributed by atoms with Crippen LogP contribution in [0.5, 0.6) is 0 Å². The molecule has 0 aliphatic carbocycles. The minimum atomic E-state index is -0.532. The van der Waals surface area contributed by atoms with Crippen LogP contribution in [-0.4, -0.2) is 30.9 Å². The molecule has 2 amide bonds. The Kier molecular flexibility index (Phi) is 7.12. The molecule has 0 aliphatic heterocycles. The van der Waals surface area contributed by atoms with Gasteiger partial charge in [-0.15, -0.1) is 11.3 Å². The van der Waals surface area contributed by atoms with Crippen LogP contribution < -0.4 is 10.6 Å². The second-order valence-electron chi connectivity index (χ2n) is 6.60. The fourth-order valence-electron chi connectivity index (χ4n) is 2.41. The van der Waals surface area contributed by atoms with Gasteiger partial charge in [-0.25, -0.2) is 4.79 Å². The number of amides is 2. The van der Waals surface area contributed by atoms with E-state index in [2.05, 4.69) is 10.6 Å². The van der Waals surface area contributed by atoms with Gasteiger partial charge in [0.1, 0.15) is 0 Å². The summed E-state index contributed by atoms with van der Waals surface area (Å²) in [5, 5.41) is 5.45. The summed E-state index contributed by atoms with van der Waals surface area (Å²) in [6.45, 7) is 7.86. The molecule has 0 fully saturated rings. The summed E-state index contributed by atoms with van der Waals surface area (Å²) in [4.78, 5) is 38.4. The number of para-hydroxylation sites is 1.